The number of rotatable bonds is 8. The molecule has 2 aromatic carbocycles. The van der Waals surface area contributed by atoms with Crippen LogP contribution in [0, 0.1) is 6.92 Å². The topological polar surface area (TPSA) is 96.9 Å². The van der Waals surface area contributed by atoms with Gasteiger partial charge in [-0.3, -0.25) is 4.79 Å². The van der Waals surface area contributed by atoms with Crippen LogP contribution in [0.4, 0.5) is 0 Å². The van der Waals surface area contributed by atoms with Crippen molar-refractivity contribution < 1.29 is 4.79 Å². The number of H-pyrrole nitrogens is 1. The van der Waals surface area contributed by atoms with Crippen molar-refractivity contribution in [2.24, 2.45) is 11.5 Å². The molecule has 0 aliphatic carbocycles. The lowest BCUT2D eigenvalue weighted by atomic mass is 10.0. The van der Waals surface area contributed by atoms with E-state index in [9.17, 15) is 4.79 Å². The number of nitrogens with one attached hydrogen (secondary N) is 2. The van der Waals surface area contributed by atoms with E-state index >= 15 is 0 Å². The minimum Gasteiger partial charge on any atom is -0.361 e. The van der Waals surface area contributed by atoms with Crippen LogP contribution in [-0.2, 0) is 11.2 Å². The molecule has 0 aliphatic rings. The standard InChI is InChI=1S/C22H28N4O/c1-15-4-6-16(7-5-15)17-8-9-21-20(11-17)18(13-25-21)12-22(27)26-14-19(24)3-2-10-23/h4-9,11,13,19,25H,2-3,10,12,14,23-24H2,1H3,(H,26,27)/t19-/m0/s1. The van der Waals surface area contributed by atoms with Crippen LogP contribution in [0.1, 0.15) is 24.0 Å². The molecule has 3 aromatic rings. The molecule has 0 spiro atoms. The summed E-state index contributed by atoms with van der Waals surface area (Å²) in [5, 5.41) is 4.01. The number of hydrogen-bond acceptors (Lipinski definition) is 3. The zero-order valence-electron chi connectivity index (χ0n) is 15.8. The molecule has 5 nitrogen and oxygen atoms in total. The molecule has 0 bridgehead atoms. The number of nitrogens with two attached hydrogens (primary N) is 2. The van der Waals surface area contributed by atoms with Crippen LogP contribution in [-0.4, -0.2) is 30.0 Å². The molecule has 0 saturated carbocycles. The van der Waals surface area contributed by atoms with E-state index in [0.717, 1.165) is 34.9 Å². The fourth-order valence-corrected chi connectivity index (χ4v) is 3.21. The molecule has 0 radical (unpaired) electrons. The normalized spacial score (nSPS) is 12.3. The minimum absolute atomic E-state index is 0.0140. The van der Waals surface area contributed by atoms with Crippen LogP contribution in [0.3, 0.4) is 0 Å². The van der Waals surface area contributed by atoms with E-state index < -0.39 is 0 Å². The lowest BCUT2D eigenvalue weighted by Gasteiger charge is -2.12. The number of hydrogen-bond donors (Lipinski definition) is 4. The third-order valence-corrected chi connectivity index (χ3v) is 4.84. The Morgan fingerprint density at radius 3 is 2.63 bits per heavy atom. The van der Waals surface area contributed by atoms with E-state index in [4.69, 9.17) is 11.5 Å². The molecule has 0 saturated heterocycles. The van der Waals surface area contributed by atoms with Gasteiger partial charge in [-0.2, -0.15) is 0 Å². The average molecular weight is 364 g/mol. The van der Waals surface area contributed by atoms with Crippen molar-refractivity contribution in [3.63, 3.8) is 0 Å². The van der Waals surface area contributed by atoms with Crippen LogP contribution in [0.5, 0.6) is 0 Å². The summed E-state index contributed by atoms with van der Waals surface area (Å²) >= 11 is 0. The van der Waals surface area contributed by atoms with Crippen molar-refractivity contribution in [2.75, 3.05) is 13.1 Å². The van der Waals surface area contributed by atoms with Gasteiger partial charge in [-0.15, -0.1) is 0 Å². The van der Waals surface area contributed by atoms with Gasteiger partial charge in [0.25, 0.3) is 0 Å². The minimum atomic E-state index is -0.0476. The van der Waals surface area contributed by atoms with Crippen molar-refractivity contribution in [3.05, 3.63) is 59.8 Å². The SMILES string of the molecule is Cc1ccc(-c2ccc3[nH]cc(CC(=O)NC[C@@H](N)CCCN)c3c2)cc1. The molecular formula is C22H28N4O. The molecule has 0 fully saturated rings. The molecule has 3 rings (SSSR count). The predicted octanol–water partition coefficient (Wildman–Crippen LogP) is 2.87. The number of aromatic nitrogens is 1. The lowest BCUT2D eigenvalue weighted by Crippen LogP contribution is -2.38. The van der Waals surface area contributed by atoms with Gasteiger partial charge in [0.2, 0.25) is 5.91 Å². The third-order valence-electron chi connectivity index (χ3n) is 4.84. The van der Waals surface area contributed by atoms with E-state index in [2.05, 4.69) is 59.7 Å². The largest absolute Gasteiger partial charge is 0.361 e. The highest BCUT2D eigenvalue weighted by atomic mass is 16.1. The van der Waals surface area contributed by atoms with Gasteiger partial charge >= 0.3 is 0 Å². The van der Waals surface area contributed by atoms with Gasteiger partial charge in [0, 0.05) is 29.7 Å². The van der Waals surface area contributed by atoms with Crippen molar-refractivity contribution in [3.8, 4) is 11.1 Å². The molecule has 1 heterocycles. The Bertz CT molecular complexity index is 898. The second kappa shape index (κ2) is 8.84. The smallest absolute Gasteiger partial charge is 0.224 e. The van der Waals surface area contributed by atoms with E-state index in [1.807, 2.05) is 6.20 Å². The monoisotopic (exact) mass is 364 g/mol. The highest BCUT2D eigenvalue weighted by Gasteiger charge is 2.11. The number of carbonyl (C=O) groups excluding carboxylic acids is 1. The highest BCUT2D eigenvalue weighted by Crippen LogP contribution is 2.27. The summed E-state index contributed by atoms with van der Waals surface area (Å²) in [5.41, 5.74) is 17.1. The Morgan fingerprint density at radius 1 is 1.15 bits per heavy atom. The van der Waals surface area contributed by atoms with E-state index in [1.165, 1.54) is 11.1 Å². The summed E-state index contributed by atoms with van der Waals surface area (Å²) in [4.78, 5) is 15.6. The summed E-state index contributed by atoms with van der Waals surface area (Å²) < 4.78 is 0. The summed E-state index contributed by atoms with van der Waals surface area (Å²) in [7, 11) is 0. The van der Waals surface area contributed by atoms with Crippen LogP contribution in [0.25, 0.3) is 22.0 Å². The third kappa shape index (κ3) is 4.96. The van der Waals surface area contributed by atoms with Gasteiger partial charge in [-0.05, 0) is 55.1 Å². The fraction of sp³-hybridized carbons (Fsp3) is 0.318. The molecular weight excluding hydrogens is 336 g/mol. The maximum atomic E-state index is 12.3. The van der Waals surface area contributed by atoms with Gasteiger partial charge in [0.1, 0.15) is 0 Å². The summed E-state index contributed by atoms with van der Waals surface area (Å²) in [6.45, 7) is 3.19. The molecule has 27 heavy (non-hydrogen) atoms. The Hall–Kier alpha value is -2.63. The maximum Gasteiger partial charge on any atom is 0.224 e. The van der Waals surface area contributed by atoms with Crippen molar-refractivity contribution >= 4 is 16.8 Å². The second-order valence-electron chi connectivity index (χ2n) is 7.11. The fourth-order valence-electron chi connectivity index (χ4n) is 3.21. The van der Waals surface area contributed by atoms with Gasteiger partial charge in [0.15, 0.2) is 0 Å². The quantitative estimate of drug-likeness (QED) is 0.495. The number of aromatic amines is 1. The number of amides is 1. The Labute approximate surface area is 160 Å². The average Bonchev–Trinajstić information content (AvgIpc) is 3.07. The summed E-state index contributed by atoms with van der Waals surface area (Å²) in [6, 6.07) is 14.7. The lowest BCUT2D eigenvalue weighted by molar-refractivity contribution is -0.120. The van der Waals surface area contributed by atoms with Crippen LogP contribution < -0.4 is 16.8 Å². The number of benzene rings is 2. The number of aryl methyl sites for hydroxylation is 1. The Balaban J connectivity index is 1.70. The van der Waals surface area contributed by atoms with Crippen LogP contribution in [0.15, 0.2) is 48.7 Å². The number of fused-ring (bicyclic) bond motifs is 1. The predicted molar refractivity (Wildman–Crippen MR) is 111 cm³/mol. The molecule has 6 N–H and O–H groups in total. The van der Waals surface area contributed by atoms with Gasteiger partial charge < -0.3 is 21.8 Å². The molecule has 1 aromatic heterocycles. The van der Waals surface area contributed by atoms with Gasteiger partial charge in [-0.25, -0.2) is 0 Å². The van der Waals surface area contributed by atoms with Crippen LogP contribution in [0.2, 0.25) is 0 Å². The van der Waals surface area contributed by atoms with E-state index in [-0.39, 0.29) is 11.9 Å². The van der Waals surface area contributed by atoms with E-state index in [0.29, 0.717) is 19.5 Å². The maximum absolute atomic E-state index is 12.3. The van der Waals surface area contributed by atoms with Crippen molar-refractivity contribution in [1.29, 1.82) is 0 Å². The first kappa shape index (κ1) is 19.1. The molecule has 0 unspecified atom stereocenters. The first-order valence-electron chi connectivity index (χ1n) is 9.46. The zero-order valence-corrected chi connectivity index (χ0v) is 15.8. The summed E-state index contributed by atoms with van der Waals surface area (Å²) in [6.07, 6.45) is 3.95. The molecule has 1 amide bonds. The molecule has 142 valence electrons. The molecule has 1 atom stereocenters. The van der Waals surface area contributed by atoms with Crippen molar-refractivity contribution in [2.45, 2.75) is 32.2 Å². The number of carbonyl (C=O) groups is 1. The zero-order chi connectivity index (χ0) is 19.2. The highest BCUT2D eigenvalue weighted by molar-refractivity contribution is 5.91. The van der Waals surface area contributed by atoms with Crippen LogP contribution >= 0.6 is 0 Å². The first-order valence-corrected chi connectivity index (χ1v) is 9.46. The molecule has 5 heteroatoms. The Kier molecular flexibility index (Phi) is 6.27. The van der Waals surface area contributed by atoms with E-state index in [1.54, 1.807) is 0 Å². The molecule has 0 aliphatic heterocycles. The van der Waals surface area contributed by atoms with Gasteiger partial charge in [-0.1, -0.05) is 35.9 Å². The second-order valence-corrected chi connectivity index (χ2v) is 7.11. The summed E-state index contributed by atoms with van der Waals surface area (Å²) in [5.74, 6) is -0.0140. The Morgan fingerprint density at radius 2 is 1.89 bits per heavy atom. The first-order chi connectivity index (χ1) is 13.1. The van der Waals surface area contributed by atoms with Gasteiger partial charge in [0.05, 0.1) is 6.42 Å². The van der Waals surface area contributed by atoms with Crippen molar-refractivity contribution in [1.82, 2.24) is 10.3 Å².